The van der Waals surface area contributed by atoms with Gasteiger partial charge in [0.15, 0.2) is 0 Å². The number of hydrogen-bond donors (Lipinski definition) is 1. The molecule has 0 bridgehead atoms. The minimum absolute atomic E-state index is 0.210. The quantitative estimate of drug-likeness (QED) is 0.753. The molecule has 0 amide bonds. The van der Waals surface area contributed by atoms with Crippen molar-refractivity contribution in [3.8, 4) is 0 Å². The van der Waals surface area contributed by atoms with Crippen LogP contribution in [0.5, 0.6) is 0 Å². The molecule has 4 rings (SSSR count). The fourth-order valence-corrected chi connectivity index (χ4v) is 3.76. The van der Waals surface area contributed by atoms with E-state index >= 15 is 0 Å². The van der Waals surface area contributed by atoms with E-state index in [9.17, 15) is 0 Å². The van der Waals surface area contributed by atoms with E-state index in [1.807, 2.05) is 0 Å². The SMILES string of the molecule is CN1C(c2ccccc2)NC(c2ccccc2)C1c1ccccc1. The molecule has 0 aliphatic carbocycles. The van der Waals surface area contributed by atoms with Gasteiger partial charge < -0.3 is 0 Å². The Labute approximate surface area is 143 Å². The Balaban J connectivity index is 1.76. The molecule has 3 aromatic carbocycles. The number of nitrogens with zero attached hydrogens (tertiary/aromatic N) is 1. The lowest BCUT2D eigenvalue weighted by Crippen LogP contribution is -2.25. The van der Waals surface area contributed by atoms with Gasteiger partial charge in [-0.15, -0.1) is 0 Å². The molecule has 3 atom stereocenters. The standard InChI is InChI=1S/C22H22N2/c1-24-21(18-13-7-3-8-14-18)20(17-11-5-2-6-12-17)23-22(24)19-15-9-4-10-16-19/h2-16,20-23H,1H3. The van der Waals surface area contributed by atoms with Crippen molar-refractivity contribution in [3.05, 3.63) is 108 Å². The van der Waals surface area contributed by atoms with Gasteiger partial charge in [0, 0.05) is 0 Å². The summed E-state index contributed by atoms with van der Waals surface area (Å²) >= 11 is 0. The highest BCUT2D eigenvalue weighted by Crippen LogP contribution is 2.44. The van der Waals surface area contributed by atoms with Crippen molar-refractivity contribution >= 4 is 0 Å². The maximum atomic E-state index is 3.85. The van der Waals surface area contributed by atoms with E-state index in [2.05, 4.69) is 108 Å². The van der Waals surface area contributed by atoms with Crippen molar-refractivity contribution in [2.75, 3.05) is 7.05 Å². The molecule has 1 aliphatic heterocycles. The van der Waals surface area contributed by atoms with Gasteiger partial charge in [-0.05, 0) is 23.7 Å². The number of likely N-dealkylation sites (N-methyl/N-ethyl adjacent to an activating group) is 1. The third kappa shape index (κ3) is 2.75. The summed E-state index contributed by atoms with van der Waals surface area (Å²) < 4.78 is 0. The van der Waals surface area contributed by atoms with E-state index in [1.54, 1.807) is 0 Å². The second-order valence-corrected chi connectivity index (χ2v) is 6.39. The third-order valence-electron chi connectivity index (χ3n) is 4.91. The van der Waals surface area contributed by atoms with Crippen molar-refractivity contribution in [2.24, 2.45) is 0 Å². The normalized spacial score (nSPS) is 24.1. The first-order valence-corrected chi connectivity index (χ1v) is 8.47. The molecular weight excluding hydrogens is 292 g/mol. The summed E-state index contributed by atoms with van der Waals surface area (Å²) in [5.41, 5.74) is 3.98. The monoisotopic (exact) mass is 314 g/mol. The Morgan fingerprint density at radius 3 is 1.62 bits per heavy atom. The van der Waals surface area contributed by atoms with Crippen molar-refractivity contribution < 1.29 is 0 Å². The summed E-state index contributed by atoms with van der Waals surface area (Å²) in [6.45, 7) is 0. The molecule has 1 saturated heterocycles. The molecule has 0 radical (unpaired) electrons. The second kappa shape index (κ2) is 6.60. The van der Waals surface area contributed by atoms with Crippen LogP contribution < -0.4 is 5.32 Å². The van der Waals surface area contributed by atoms with Gasteiger partial charge in [-0.25, -0.2) is 0 Å². The Hall–Kier alpha value is -2.42. The summed E-state index contributed by atoms with van der Waals surface area (Å²) in [4.78, 5) is 2.45. The van der Waals surface area contributed by atoms with Crippen LogP contribution in [-0.2, 0) is 0 Å². The van der Waals surface area contributed by atoms with Gasteiger partial charge in [-0.1, -0.05) is 91.0 Å². The van der Waals surface area contributed by atoms with Crippen molar-refractivity contribution in [1.82, 2.24) is 10.2 Å². The third-order valence-corrected chi connectivity index (χ3v) is 4.91. The van der Waals surface area contributed by atoms with Crippen LogP contribution in [0.2, 0.25) is 0 Å². The van der Waals surface area contributed by atoms with Crippen LogP contribution in [0.4, 0.5) is 0 Å². The molecule has 0 spiro atoms. The molecule has 3 aromatic rings. The van der Waals surface area contributed by atoms with Gasteiger partial charge in [0.2, 0.25) is 0 Å². The maximum Gasteiger partial charge on any atom is 0.0869 e. The van der Waals surface area contributed by atoms with Gasteiger partial charge in [0.1, 0.15) is 0 Å². The zero-order chi connectivity index (χ0) is 16.4. The lowest BCUT2D eigenvalue weighted by molar-refractivity contribution is 0.235. The highest BCUT2D eigenvalue weighted by atomic mass is 15.4. The molecule has 2 heteroatoms. The van der Waals surface area contributed by atoms with Crippen LogP contribution in [0.15, 0.2) is 91.0 Å². The maximum absolute atomic E-state index is 3.85. The van der Waals surface area contributed by atoms with Gasteiger partial charge in [0.05, 0.1) is 18.2 Å². The Kier molecular flexibility index (Phi) is 4.16. The summed E-state index contributed by atoms with van der Waals surface area (Å²) in [5, 5.41) is 3.85. The number of benzene rings is 3. The van der Waals surface area contributed by atoms with E-state index in [-0.39, 0.29) is 12.2 Å². The van der Waals surface area contributed by atoms with Gasteiger partial charge in [-0.2, -0.15) is 0 Å². The van der Waals surface area contributed by atoms with Crippen molar-refractivity contribution in [2.45, 2.75) is 18.2 Å². The highest BCUT2D eigenvalue weighted by Gasteiger charge is 2.40. The Morgan fingerprint density at radius 2 is 1.08 bits per heavy atom. The van der Waals surface area contributed by atoms with Crippen LogP contribution in [0, 0.1) is 0 Å². The Bertz CT molecular complexity index is 771. The van der Waals surface area contributed by atoms with E-state index in [4.69, 9.17) is 0 Å². The van der Waals surface area contributed by atoms with Crippen LogP contribution >= 0.6 is 0 Å². The summed E-state index contributed by atoms with van der Waals surface area (Å²) in [7, 11) is 2.21. The minimum atomic E-state index is 0.210. The van der Waals surface area contributed by atoms with E-state index < -0.39 is 0 Å². The molecular formula is C22H22N2. The van der Waals surface area contributed by atoms with Crippen molar-refractivity contribution in [3.63, 3.8) is 0 Å². The molecule has 0 saturated carbocycles. The smallest absolute Gasteiger partial charge is 0.0869 e. The first-order valence-electron chi connectivity index (χ1n) is 8.47. The van der Waals surface area contributed by atoms with Gasteiger partial charge in [0.25, 0.3) is 0 Å². The molecule has 120 valence electrons. The second-order valence-electron chi connectivity index (χ2n) is 6.39. The van der Waals surface area contributed by atoms with E-state index in [0.29, 0.717) is 6.04 Å². The fourth-order valence-electron chi connectivity index (χ4n) is 3.76. The predicted molar refractivity (Wildman–Crippen MR) is 98.4 cm³/mol. The zero-order valence-electron chi connectivity index (χ0n) is 13.8. The summed E-state index contributed by atoms with van der Waals surface area (Å²) in [6, 6.07) is 32.8. The highest BCUT2D eigenvalue weighted by molar-refractivity contribution is 5.32. The number of hydrogen-bond acceptors (Lipinski definition) is 2. The molecule has 1 heterocycles. The average Bonchev–Trinajstić information content (AvgIpc) is 3.01. The summed E-state index contributed by atoms with van der Waals surface area (Å²) in [5.74, 6) is 0. The van der Waals surface area contributed by atoms with Crippen molar-refractivity contribution in [1.29, 1.82) is 0 Å². The molecule has 3 unspecified atom stereocenters. The van der Waals surface area contributed by atoms with Crippen LogP contribution in [-0.4, -0.2) is 11.9 Å². The zero-order valence-corrected chi connectivity index (χ0v) is 13.8. The molecule has 1 N–H and O–H groups in total. The predicted octanol–water partition coefficient (Wildman–Crippen LogP) is 4.70. The largest absolute Gasteiger partial charge is 0.289 e. The van der Waals surface area contributed by atoms with Gasteiger partial charge in [-0.3, -0.25) is 10.2 Å². The minimum Gasteiger partial charge on any atom is -0.289 e. The lowest BCUT2D eigenvalue weighted by Gasteiger charge is -2.27. The molecule has 1 fully saturated rings. The number of nitrogens with one attached hydrogen (secondary N) is 1. The van der Waals surface area contributed by atoms with Crippen LogP contribution in [0.1, 0.15) is 34.9 Å². The Morgan fingerprint density at radius 1 is 0.625 bits per heavy atom. The molecule has 0 aromatic heterocycles. The van der Waals surface area contributed by atoms with Crippen LogP contribution in [0.3, 0.4) is 0 Å². The van der Waals surface area contributed by atoms with E-state index in [0.717, 1.165) is 0 Å². The lowest BCUT2D eigenvalue weighted by atomic mass is 9.94. The summed E-state index contributed by atoms with van der Waals surface area (Å²) in [6.07, 6.45) is 0.210. The van der Waals surface area contributed by atoms with E-state index in [1.165, 1.54) is 16.7 Å². The molecule has 2 nitrogen and oxygen atoms in total. The molecule has 1 aliphatic rings. The van der Waals surface area contributed by atoms with Gasteiger partial charge >= 0.3 is 0 Å². The first-order chi connectivity index (χ1) is 11.8. The first kappa shape index (κ1) is 15.1. The average molecular weight is 314 g/mol. The fraction of sp³-hybridized carbons (Fsp3) is 0.182. The number of rotatable bonds is 3. The topological polar surface area (TPSA) is 15.3 Å². The van der Waals surface area contributed by atoms with Crippen LogP contribution in [0.25, 0.3) is 0 Å². The molecule has 24 heavy (non-hydrogen) atoms.